The number of hydrogen-bond acceptors (Lipinski definition) is 15. The van der Waals surface area contributed by atoms with Crippen LogP contribution in [0.5, 0.6) is 51.7 Å². The van der Waals surface area contributed by atoms with Crippen LogP contribution in [-0.4, -0.2) is 101 Å². The number of anilines is 1. The van der Waals surface area contributed by atoms with E-state index in [0.717, 1.165) is 4.90 Å². The summed E-state index contributed by atoms with van der Waals surface area (Å²) in [6, 6.07) is 29.5. The molecule has 15 bridgehead atoms. The molecule has 6 aliphatic heterocycles. The number of aromatic nitrogens is 1. The minimum atomic E-state index is -1.88. The van der Waals surface area contributed by atoms with Crippen molar-refractivity contribution in [1.29, 1.82) is 0 Å². The summed E-state index contributed by atoms with van der Waals surface area (Å²) >= 11 is 0. The number of phenols is 5. The minimum absolute atomic E-state index is 0.0167. The lowest BCUT2D eigenvalue weighted by Crippen LogP contribution is -2.55. The van der Waals surface area contributed by atoms with Gasteiger partial charge >= 0.3 is 5.97 Å². The monoisotopic (exact) mass is 1210 g/mol. The normalized spacial score (nSPS) is 19.6. The van der Waals surface area contributed by atoms with Crippen molar-refractivity contribution in [3.8, 4) is 62.9 Å². The summed E-state index contributed by atoms with van der Waals surface area (Å²) in [6.07, 6.45) is 1.22. The van der Waals surface area contributed by atoms with Crippen LogP contribution in [0, 0.1) is 0 Å². The highest BCUT2D eigenvalue weighted by Crippen LogP contribution is 2.44. The number of amides is 6. The number of ether oxygens (including phenoxy) is 2. The Balaban J connectivity index is 1.01. The second-order valence-electron chi connectivity index (χ2n) is 22.0. The topological polar surface area (TPSA) is 351 Å². The van der Waals surface area contributed by atoms with Gasteiger partial charge in [-0.15, -0.1) is 0 Å². The van der Waals surface area contributed by atoms with E-state index in [1.807, 2.05) is 0 Å². The number of aromatic hydroxyl groups is 5. The molecule has 6 amide bonds. The molecule has 23 nitrogen and oxygen atoms in total. The molecular weight excluding hydrogens is 1160 g/mol. The number of carbonyl (C=O) groups excluding carboxylic acids is 6. The Labute approximate surface area is 511 Å². The average Bonchev–Trinajstić information content (AvgIpc) is 1.40. The van der Waals surface area contributed by atoms with Crippen LogP contribution in [0.4, 0.5) is 5.69 Å². The van der Waals surface area contributed by atoms with Crippen molar-refractivity contribution in [2.45, 2.75) is 55.1 Å². The van der Waals surface area contributed by atoms with Gasteiger partial charge < -0.3 is 81.9 Å². The second-order valence-corrected chi connectivity index (χ2v) is 22.0. The van der Waals surface area contributed by atoms with Gasteiger partial charge in [-0.1, -0.05) is 72.8 Å². The van der Waals surface area contributed by atoms with Crippen LogP contribution in [0.2, 0.25) is 0 Å². The highest BCUT2D eigenvalue weighted by Gasteiger charge is 2.40. The maximum Gasteiger partial charge on any atom is 0.330 e. The van der Waals surface area contributed by atoms with Gasteiger partial charge in [-0.05, 0) is 136 Å². The van der Waals surface area contributed by atoms with Gasteiger partial charge in [0.25, 0.3) is 0 Å². The maximum absolute atomic E-state index is 15.8. The Morgan fingerprint density at radius 2 is 1.19 bits per heavy atom. The van der Waals surface area contributed by atoms with Crippen LogP contribution >= 0.6 is 0 Å². The number of aliphatic carboxylic acids is 1. The van der Waals surface area contributed by atoms with Gasteiger partial charge in [-0.25, -0.2) is 4.79 Å². The van der Waals surface area contributed by atoms with Gasteiger partial charge in [0, 0.05) is 54.3 Å². The Kier molecular flexibility index (Phi) is 15.6. The minimum Gasteiger partial charge on any atom is -0.508 e. The van der Waals surface area contributed by atoms with E-state index in [1.165, 1.54) is 134 Å². The highest BCUT2D eigenvalue weighted by atomic mass is 16.5. The number of nitrogens with zero attached hydrogens (tertiary/aromatic N) is 1. The highest BCUT2D eigenvalue weighted by molar-refractivity contribution is 6.00. The summed E-state index contributed by atoms with van der Waals surface area (Å²) < 4.78 is 12.5. The van der Waals surface area contributed by atoms with Crippen LogP contribution in [0.15, 0.2) is 176 Å². The van der Waals surface area contributed by atoms with Gasteiger partial charge in [0.15, 0.2) is 29.0 Å². The quantitative estimate of drug-likeness (QED) is 0.0741. The van der Waals surface area contributed by atoms with E-state index < -0.39 is 89.5 Å². The molecule has 7 atom stereocenters. The first-order valence-corrected chi connectivity index (χ1v) is 28.3. The maximum atomic E-state index is 15.8. The van der Waals surface area contributed by atoms with E-state index in [0.29, 0.717) is 38.8 Å². The third-order valence-corrected chi connectivity index (χ3v) is 16.1. The van der Waals surface area contributed by atoms with Crippen LogP contribution in [-0.2, 0) is 46.4 Å². The number of carboxylic acids is 1. The van der Waals surface area contributed by atoms with Crippen molar-refractivity contribution in [2.24, 2.45) is 0 Å². The number of nitrogens with one attached hydrogen (secondary N) is 7. The Hall–Kier alpha value is -12.0. The Morgan fingerprint density at radius 1 is 0.578 bits per heavy atom. The molecule has 0 saturated carbocycles. The summed E-state index contributed by atoms with van der Waals surface area (Å²) in [5.41, 5.74) is 2.85. The zero-order valence-electron chi connectivity index (χ0n) is 47.5. The summed E-state index contributed by atoms with van der Waals surface area (Å²) in [7, 11) is 1.31. The van der Waals surface area contributed by atoms with Crippen molar-refractivity contribution in [2.75, 3.05) is 12.4 Å². The summed E-state index contributed by atoms with van der Waals surface area (Å²) in [6.45, 7) is 0. The Morgan fingerprint density at radius 3 is 1.89 bits per heavy atom. The van der Waals surface area contributed by atoms with Gasteiger partial charge in [0.1, 0.15) is 65.0 Å². The molecule has 0 radical (unpaired) electrons. The molecule has 454 valence electrons. The van der Waals surface area contributed by atoms with E-state index >= 15 is 19.2 Å². The number of likely N-dealkylation sites (N-methyl/N-ethyl adjacent to an activating group) is 1. The molecule has 0 aliphatic carbocycles. The second kappa shape index (κ2) is 24.0. The van der Waals surface area contributed by atoms with Crippen LogP contribution in [0.1, 0.15) is 69.2 Å². The number of carboxylic acid groups (broad SMARTS) is 1. The number of rotatable bonds is 7. The first kappa shape index (κ1) is 58.4. The smallest absolute Gasteiger partial charge is 0.330 e. The SMILES string of the molecule is CN1C(=O)[C@@H]2NC(=O)[C@@H]3NC(=O)[C@@H](c4ccc(O)cc4)NC(=O)[C@H](NC(=O)C(Nc4cccc(O)c4)c4ccc(O)cc4)Cc4c[nH]c5cc(ccc45)-c4cc3cc(c4O)Oc3ccc(cc3)C[C@H]1C(=O)N[C@@H](C(=O)O)c1ccc(O)c(c1)Oc1ccc2cc1. The standard InChI is InChI=1S/C67H56N8O15/c1-75-51-25-33-5-19-45(20-6-33)90-54-30-39-26-48(60(54)80)37-13-23-47-40(32-68-49(47)27-37)28-50(70-63(83)55(34-7-15-42(76)16-8-34)69-41-3-2-4-44(78)31-41)61(81)71-56(35-9-17-43(77)18-10-35)64(84)72-57(39)65(85)73-58(66(75)86)36-11-21-46(22-12-36)89-53-29-38(14-24-52(53)79)59(67(87)88)74-62(51)82/h2-24,26-27,29-32,50-51,55-59,68-69,76-80H,25,28H2,1H3,(H,70,83)(H,71,81)(H,72,84)(H,73,85)(H,74,82)(H,87,88)/t50-,51+,55?,56-,57-,58-,59-/m1/s1. The van der Waals surface area contributed by atoms with Crippen LogP contribution in [0.25, 0.3) is 22.0 Å². The predicted molar refractivity (Wildman–Crippen MR) is 324 cm³/mol. The number of aromatic amines is 1. The first-order chi connectivity index (χ1) is 43.3. The molecule has 0 spiro atoms. The van der Waals surface area contributed by atoms with Crippen molar-refractivity contribution in [1.82, 2.24) is 36.5 Å². The van der Waals surface area contributed by atoms with E-state index in [2.05, 4.69) is 36.9 Å². The molecule has 90 heavy (non-hydrogen) atoms. The zero-order valence-corrected chi connectivity index (χ0v) is 47.5. The van der Waals surface area contributed by atoms with E-state index in [9.17, 15) is 45.0 Å². The third-order valence-electron chi connectivity index (χ3n) is 16.1. The number of fused-ring (bicyclic) bond motifs is 14. The van der Waals surface area contributed by atoms with E-state index in [1.54, 1.807) is 48.7 Å². The number of H-pyrrole nitrogens is 1. The summed E-state index contributed by atoms with van der Waals surface area (Å²) in [4.78, 5) is 109. The molecule has 8 aromatic carbocycles. The van der Waals surface area contributed by atoms with E-state index in [4.69, 9.17) is 9.47 Å². The van der Waals surface area contributed by atoms with Crippen molar-refractivity contribution in [3.63, 3.8) is 0 Å². The molecule has 13 N–H and O–H groups in total. The van der Waals surface area contributed by atoms with Crippen LogP contribution in [0.3, 0.4) is 0 Å². The van der Waals surface area contributed by atoms with Gasteiger partial charge in [-0.3, -0.25) is 28.8 Å². The molecular formula is C67H56N8O15. The lowest BCUT2D eigenvalue weighted by atomic mass is 9.94. The Bertz CT molecular complexity index is 4330. The number of carbonyl (C=O) groups is 7. The number of benzene rings is 8. The predicted octanol–water partition coefficient (Wildman–Crippen LogP) is 7.35. The first-order valence-electron chi connectivity index (χ1n) is 28.3. The lowest BCUT2D eigenvalue weighted by Gasteiger charge is -2.33. The van der Waals surface area contributed by atoms with Crippen molar-refractivity contribution in [3.05, 3.63) is 215 Å². The summed E-state index contributed by atoms with van der Waals surface area (Å²) in [5.74, 6) is -8.35. The molecule has 1 aromatic heterocycles. The molecule has 0 fully saturated rings. The zero-order chi connectivity index (χ0) is 63.1. The van der Waals surface area contributed by atoms with Crippen molar-refractivity contribution < 1.29 is 73.7 Å². The fraction of sp³-hybridized carbons (Fsp3) is 0.149. The molecule has 0 saturated heterocycles. The summed E-state index contributed by atoms with van der Waals surface area (Å²) in [5, 5.41) is 82.4. The third kappa shape index (κ3) is 12.0. The van der Waals surface area contributed by atoms with E-state index in [-0.39, 0.29) is 86.7 Å². The molecule has 7 heterocycles. The van der Waals surface area contributed by atoms with Crippen molar-refractivity contribution >= 4 is 58.0 Å². The largest absolute Gasteiger partial charge is 0.508 e. The van der Waals surface area contributed by atoms with Crippen LogP contribution < -0.4 is 41.4 Å². The molecule has 9 aromatic rings. The average molecular weight is 1210 g/mol. The fourth-order valence-corrected chi connectivity index (χ4v) is 11.3. The van der Waals surface area contributed by atoms with Gasteiger partial charge in [0.05, 0.1) is 0 Å². The number of phenolic OH excluding ortho intramolecular Hbond substituents is 5. The number of hydrogen-bond donors (Lipinski definition) is 13. The molecule has 1 unspecified atom stereocenters. The lowest BCUT2D eigenvalue weighted by molar-refractivity contribution is -0.145. The van der Waals surface area contributed by atoms with Gasteiger partial charge in [0.2, 0.25) is 35.4 Å². The molecule has 15 rings (SSSR count). The fourth-order valence-electron chi connectivity index (χ4n) is 11.3. The van der Waals surface area contributed by atoms with Gasteiger partial charge in [-0.2, -0.15) is 0 Å². The molecule has 6 aliphatic rings. The molecule has 23 heteroatoms.